The van der Waals surface area contributed by atoms with Gasteiger partial charge in [-0.3, -0.25) is 0 Å². The Kier molecular flexibility index (Phi) is 7.85. The molecule has 0 unspecified atom stereocenters. The van der Waals surface area contributed by atoms with Crippen LogP contribution in [0.2, 0.25) is 0 Å². The van der Waals surface area contributed by atoms with Crippen LogP contribution in [0.5, 0.6) is 0 Å². The summed E-state index contributed by atoms with van der Waals surface area (Å²) in [6, 6.07) is 75.7. The molecule has 0 N–H and O–H groups in total. The van der Waals surface area contributed by atoms with Crippen LogP contribution in [0.4, 0.5) is 0 Å². The number of hydrogen-bond acceptors (Lipinski definition) is 3. The zero-order chi connectivity index (χ0) is 39.6. The highest BCUT2D eigenvalue weighted by atomic mass is 14.9. The van der Waals surface area contributed by atoms with E-state index in [4.69, 9.17) is 15.0 Å². The summed E-state index contributed by atoms with van der Waals surface area (Å²) in [5, 5.41) is 13.3. The van der Waals surface area contributed by atoms with Gasteiger partial charge in [-0.2, -0.15) is 0 Å². The zero-order valence-corrected chi connectivity index (χ0v) is 32.5. The summed E-state index contributed by atoms with van der Waals surface area (Å²) in [6.45, 7) is 0. The minimum atomic E-state index is 0.701. The third-order valence-electron chi connectivity index (χ3n) is 12.0. The van der Waals surface area contributed by atoms with E-state index in [-0.39, 0.29) is 0 Å². The van der Waals surface area contributed by atoms with Crippen molar-refractivity contribution in [1.82, 2.24) is 15.0 Å². The van der Waals surface area contributed by atoms with Gasteiger partial charge in [0, 0.05) is 38.4 Å². The van der Waals surface area contributed by atoms with Crippen LogP contribution in [0, 0.1) is 0 Å². The van der Waals surface area contributed by atoms with Gasteiger partial charge in [0.05, 0.1) is 22.6 Å². The monoisotopic (exact) mass is 761 g/mol. The first-order valence-corrected chi connectivity index (χ1v) is 20.4. The Morgan fingerprint density at radius 1 is 0.250 bits per heavy atom. The van der Waals surface area contributed by atoms with E-state index in [2.05, 4.69) is 212 Å². The van der Waals surface area contributed by atoms with E-state index in [9.17, 15) is 0 Å². The molecule has 60 heavy (non-hydrogen) atoms. The molecule has 0 bridgehead atoms. The first kappa shape index (κ1) is 34.1. The predicted molar refractivity (Wildman–Crippen MR) is 252 cm³/mol. The number of fused-ring (bicyclic) bond motifs is 10. The molecule has 10 aromatic carbocycles. The number of hydrogen-bond donors (Lipinski definition) is 0. The van der Waals surface area contributed by atoms with Crippen molar-refractivity contribution in [1.29, 1.82) is 0 Å². The molecule has 0 spiro atoms. The van der Waals surface area contributed by atoms with Crippen molar-refractivity contribution in [3.8, 4) is 56.3 Å². The van der Waals surface area contributed by atoms with Gasteiger partial charge in [0.2, 0.25) is 0 Å². The van der Waals surface area contributed by atoms with E-state index in [0.29, 0.717) is 5.82 Å². The Labute approximate surface area is 346 Å². The van der Waals surface area contributed by atoms with E-state index in [0.717, 1.165) is 61.4 Å². The third kappa shape index (κ3) is 5.71. The molecule has 0 aliphatic carbocycles. The molecule has 0 aliphatic heterocycles. The number of rotatable bonds is 5. The zero-order valence-electron chi connectivity index (χ0n) is 32.5. The van der Waals surface area contributed by atoms with Crippen molar-refractivity contribution in [2.75, 3.05) is 0 Å². The van der Waals surface area contributed by atoms with E-state index in [1.807, 2.05) is 0 Å². The van der Waals surface area contributed by atoms with Gasteiger partial charge in [0.15, 0.2) is 5.82 Å². The van der Waals surface area contributed by atoms with Crippen molar-refractivity contribution >= 4 is 64.8 Å². The highest BCUT2D eigenvalue weighted by Crippen LogP contribution is 2.43. The minimum Gasteiger partial charge on any atom is -0.247 e. The van der Waals surface area contributed by atoms with E-state index in [1.54, 1.807) is 0 Å². The second-order valence-corrected chi connectivity index (χ2v) is 15.6. The van der Waals surface area contributed by atoms with Gasteiger partial charge in [-0.1, -0.05) is 182 Å². The summed E-state index contributed by atoms with van der Waals surface area (Å²) in [5.74, 6) is 0.701. The normalized spacial score (nSPS) is 11.7. The Balaban J connectivity index is 0.983. The lowest BCUT2D eigenvalue weighted by molar-refractivity contribution is 1.18. The van der Waals surface area contributed by atoms with Gasteiger partial charge in [-0.25, -0.2) is 15.0 Å². The topological polar surface area (TPSA) is 38.7 Å². The lowest BCUT2D eigenvalue weighted by Gasteiger charge is -2.16. The summed E-state index contributed by atoms with van der Waals surface area (Å²) in [7, 11) is 0. The van der Waals surface area contributed by atoms with E-state index in [1.165, 1.54) is 53.9 Å². The fourth-order valence-corrected chi connectivity index (χ4v) is 9.06. The summed E-state index contributed by atoms with van der Waals surface area (Å²) < 4.78 is 0. The van der Waals surface area contributed by atoms with Crippen LogP contribution in [-0.4, -0.2) is 15.0 Å². The molecule has 0 fully saturated rings. The van der Waals surface area contributed by atoms with Crippen LogP contribution in [0.1, 0.15) is 0 Å². The molecule has 0 amide bonds. The second kappa shape index (κ2) is 13.8. The second-order valence-electron chi connectivity index (χ2n) is 15.6. The molecule has 0 atom stereocenters. The van der Waals surface area contributed by atoms with Crippen LogP contribution >= 0.6 is 0 Å². The molecule has 0 aliphatic rings. The Bertz CT molecular complexity index is 3560. The van der Waals surface area contributed by atoms with Crippen LogP contribution in [0.3, 0.4) is 0 Å². The summed E-state index contributed by atoms with van der Waals surface area (Å²) in [4.78, 5) is 15.8. The molecule has 12 rings (SSSR count). The average molecular weight is 762 g/mol. The van der Waals surface area contributed by atoms with Gasteiger partial charge in [0.25, 0.3) is 0 Å². The standard InChI is InChI=1S/C57H35N3/c1-3-14-40-33-44(30-26-36(40)12-1)53-35-52(59-57(60-53)45-31-27-37-13-2-4-15-41(37)34-45)43-17-11-16-42(32-43)38-24-28-39(29-25-38)56-55-49-21-8-6-19-47(49)46-18-5-7-20-48(46)54(55)50-22-9-10-23-51(50)58-56/h1-35H. The highest BCUT2D eigenvalue weighted by molar-refractivity contribution is 6.33. The van der Waals surface area contributed by atoms with E-state index < -0.39 is 0 Å². The van der Waals surface area contributed by atoms with Gasteiger partial charge < -0.3 is 0 Å². The first-order chi connectivity index (χ1) is 29.7. The van der Waals surface area contributed by atoms with Crippen LogP contribution in [-0.2, 0) is 0 Å². The molecule has 2 heterocycles. The summed E-state index contributed by atoms with van der Waals surface area (Å²) in [5.41, 5.74) is 10.2. The molecule has 0 saturated carbocycles. The maximum Gasteiger partial charge on any atom is 0.160 e. The molecular weight excluding hydrogens is 727 g/mol. The number of benzene rings is 10. The number of pyridine rings is 1. The summed E-state index contributed by atoms with van der Waals surface area (Å²) in [6.07, 6.45) is 0. The van der Waals surface area contributed by atoms with Crippen molar-refractivity contribution in [3.63, 3.8) is 0 Å². The van der Waals surface area contributed by atoms with Crippen molar-refractivity contribution in [3.05, 3.63) is 212 Å². The molecule has 0 radical (unpaired) electrons. The largest absolute Gasteiger partial charge is 0.247 e. The lowest BCUT2D eigenvalue weighted by atomic mass is 9.89. The van der Waals surface area contributed by atoms with Gasteiger partial charge in [-0.15, -0.1) is 0 Å². The quantitative estimate of drug-likeness (QED) is 0.164. The van der Waals surface area contributed by atoms with Gasteiger partial charge in [-0.05, 0) is 84.5 Å². The highest BCUT2D eigenvalue weighted by Gasteiger charge is 2.18. The van der Waals surface area contributed by atoms with Gasteiger partial charge >= 0.3 is 0 Å². The van der Waals surface area contributed by atoms with Crippen molar-refractivity contribution < 1.29 is 0 Å². The fourth-order valence-electron chi connectivity index (χ4n) is 9.06. The lowest BCUT2D eigenvalue weighted by Crippen LogP contribution is -1.96. The summed E-state index contributed by atoms with van der Waals surface area (Å²) >= 11 is 0. The van der Waals surface area contributed by atoms with Crippen molar-refractivity contribution in [2.24, 2.45) is 0 Å². The number of aromatic nitrogens is 3. The molecule has 3 nitrogen and oxygen atoms in total. The molecule has 278 valence electrons. The predicted octanol–water partition coefficient (Wildman–Crippen LogP) is 15.1. The Hall–Kier alpha value is -8.01. The van der Waals surface area contributed by atoms with E-state index >= 15 is 0 Å². The molecule has 12 aromatic rings. The first-order valence-electron chi connectivity index (χ1n) is 20.4. The maximum atomic E-state index is 5.37. The van der Waals surface area contributed by atoms with Crippen molar-refractivity contribution in [2.45, 2.75) is 0 Å². The SMILES string of the molecule is c1cc(-c2ccc(-c3nc4ccccc4c4c5ccccc5c5ccccc5c34)cc2)cc(-c2cc(-c3ccc4ccccc4c3)nc(-c3ccc4ccccc4c3)n2)c1. The molecule has 0 saturated heterocycles. The molecule has 2 aromatic heterocycles. The number of para-hydroxylation sites is 1. The van der Waals surface area contributed by atoms with Crippen LogP contribution < -0.4 is 0 Å². The van der Waals surface area contributed by atoms with Crippen LogP contribution in [0.15, 0.2) is 212 Å². The fraction of sp³-hybridized carbons (Fsp3) is 0. The van der Waals surface area contributed by atoms with Crippen LogP contribution in [0.25, 0.3) is 121 Å². The smallest absolute Gasteiger partial charge is 0.160 e. The average Bonchev–Trinajstić information content (AvgIpc) is 3.33. The minimum absolute atomic E-state index is 0.701. The van der Waals surface area contributed by atoms with Gasteiger partial charge in [0.1, 0.15) is 0 Å². The third-order valence-corrected chi connectivity index (χ3v) is 12.0. The molecule has 3 heteroatoms. The molecular formula is C57H35N3. The number of nitrogens with zero attached hydrogens (tertiary/aromatic N) is 3. The maximum absolute atomic E-state index is 5.37. The Morgan fingerprint density at radius 2 is 0.733 bits per heavy atom. The Morgan fingerprint density at radius 3 is 1.42 bits per heavy atom.